The molecule has 0 saturated carbocycles. The fourth-order valence-corrected chi connectivity index (χ4v) is 4.43. The van der Waals surface area contributed by atoms with Crippen LogP contribution >= 0.6 is 12.2 Å². The number of rotatable bonds is 6. The van der Waals surface area contributed by atoms with Crippen LogP contribution in [0, 0.1) is 5.92 Å². The average Bonchev–Trinajstić information content (AvgIpc) is 3.01. The monoisotopic (exact) mass is 421 g/mol. The fraction of sp³-hybridized carbons (Fsp3) is 0.304. The SMILES string of the molecule is CCCCN1C(=O)[C@@H]([C@H]2c3ccccc3C(=O)N2Cc2ccccc2)C(=O)NC1=S. The minimum Gasteiger partial charge on any atom is -0.326 e. The second kappa shape index (κ2) is 8.36. The summed E-state index contributed by atoms with van der Waals surface area (Å²) in [6, 6.07) is 16.1. The number of benzene rings is 2. The number of nitrogens with one attached hydrogen (secondary N) is 1. The maximum Gasteiger partial charge on any atom is 0.255 e. The number of hydrogen-bond acceptors (Lipinski definition) is 4. The van der Waals surface area contributed by atoms with Crippen molar-refractivity contribution in [2.45, 2.75) is 32.4 Å². The maximum atomic E-state index is 13.4. The standard InChI is InChI=1S/C23H23N3O3S/c1-2-3-13-25-22(29)18(20(27)24-23(25)30)19-16-11-7-8-12-17(16)21(28)26(19)14-15-9-5-4-6-10-15/h4-12,18-19H,2-3,13-14H2,1H3,(H,24,27,30)/t18-,19+/m0/s1. The Morgan fingerprint density at radius 2 is 1.70 bits per heavy atom. The summed E-state index contributed by atoms with van der Waals surface area (Å²) in [6.45, 7) is 2.79. The Labute approximate surface area is 180 Å². The van der Waals surface area contributed by atoms with Gasteiger partial charge in [-0.05, 0) is 35.8 Å². The first-order valence-corrected chi connectivity index (χ1v) is 10.5. The Morgan fingerprint density at radius 3 is 2.43 bits per heavy atom. The number of carbonyl (C=O) groups excluding carboxylic acids is 3. The Balaban J connectivity index is 1.74. The van der Waals surface area contributed by atoms with E-state index in [4.69, 9.17) is 12.2 Å². The number of nitrogens with zero attached hydrogens (tertiary/aromatic N) is 2. The zero-order valence-corrected chi connectivity index (χ0v) is 17.5. The third-order valence-electron chi connectivity index (χ3n) is 5.64. The fourth-order valence-electron chi connectivity index (χ4n) is 4.15. The van der Waals surface area contributed by atoms with E-state index in [9.17, 15) is 14.4 Å². The highest BCUT2D eigenvalue weighted by Gasteiger charge is 2.50. The molecule has 30 heavy (non-hydrogen) atoms. The lowest BCUT2D eigenvalue weighted by Crippen LogP contribution is -2.60. The lowest BCUT2D eigenvalue weighted by Gasteiger charge is -2.38. The highest BCUT2D eigenvalue weighted by atomic mass is 32.1. The molecule has 1 N–H and O–H groups in total. The second-order valence-corrected chi connectivity index (χ2v) is 7.95. The first kappa shape index (κ1) is 20.2. The van der Waals surface area contributed by atoms with E-state index >= 15 is 0 Å². The molecule has 2 aromatic rings. The molecule has 1 saturated heterocycles. The van der Waals surface area contributed by atoms with E-state index in [-0.39, 0.29) is 16.9 Å². The van der Waals surface area contributed by atoms with Gasteiger partial charge in [0.25, 0.3) is 5.91 Å². The van der Waals surface area contributed by atoms with Crippen LogP contribution in [0.3, 0.4) is 0 Å². The van der Waals surface area contributed by atoms with Crippen LogP contribution in [-0.4, -0.2) is 39.2 Å². The van der Waals surface area contributed by atoms with Gasteiger partial charge in [0.15, 0.2) is 5.11 Å². The summed E-state index contributed by atoms with van der Waals surface area (Å²) in [5.41, 5.74) is 2.17. The molecule has 2 aliphatic rings. The van der Waals surface area contributed by atoms with E-state index in [1.807, 2.05) is 49.4 Å². The first-order chi connectivity index (χ1) is 14.5. The molecule has 0 radical (unpaired) electrons. The van der Waals surface area contributed by atoms with Crippen molar-refractivity contribution in [3.05, 3.63) is 71.3 Å². The summed E-state index contributed by atoms with van der Waals surface area (Å²) in [5.74, 6) is -2.01. The largest absolute Gasteiger partial charge is 0.326 e. The maximum absolute atomic E-state index is 13.4. The first-order valence-electron chi connectivity index (χ1n) is 10.1. The van der Waals surface area contributed by atoms with Gasteiger partial charge >= 0.3 is 0 Å². The summed E-state index contributed by atoms with van der Waals surface area (Å²) in [6.07, 6.45) is 1.68. The highest BCUT2D eigenvalue weighted by molar-refractivity contribution is 7.80. The molecule has 0 aliphatic carbocycles. The van der Waals surface area contributed by atoms with E-state index in [0.29, 0.717) is 24.2 Å². The second-order valence-electron chi connectivity index (χ2n) is 7.57. The zero-order chi connectivity index (χ0) is 21.3. The molecule has 0 unspecified atom stereocenters. The summed E-state index contributed by atoms with van der Waals surface area (Å²) >= 11 is 5.25. The van der Waals surface area contributed by atoms with Crippen molar-refractivity contribution in [2.75, 3.05) is 6.54 Å². The number of thiocarbonyl (C=S) groups is 1. The van der Waals surface area contributed by atoms with Crippen molar-refractivity contribution in [1.29, 1.82) is 0 Å². The van der Waals surface area contributed by atoms with Gasteiger partial charge in [-0.3, -0.25) is 19.3 Å². The quantitative estimate of drug-likeness (QED) is 0.575. The summed E-state index contributed by atoms with van der Waals surface area (Å²) in [5, 5.41) is 2.83. The number of unbranched alkanes of at least 4 members (excludes halogenated alkanes) is 1. The molecule has 0 aromatic heterocycles. The average molecular weight is 422 g/mol. The van der Waals surface area contributed by atoms with E-state index in [0.717, 1.165) is 18.4 Å². The minimum atomic E-state index is -1.04. The van der Waals surface area contributed by atoms with E-state index in [2.05, 4.69) is 5.32 Å². The molecule has 4 rings (SSSR count). The molecule has 0 bridgehead atoms. The topological polar surface area (TPSA) is 69.7 Å². The Hall–Kier alpha value is -3.06. The Kier molecular flexibility index (Phi) is 5.63. The van der Waals surface area contributed by atoms with Gasteiger partial charge in [0.05, 0.1) is 6.04 Å². The van der Waals surface area contributed by atoms with E-state index in [1.165, 1.54) is 4.90 Å². The molecule has 3 amide bonds. The van der Waals surface area contributed by atoms with Crippen LogP contribution in [0.4, 0.5) is 0 Å². The van der Waals surface area contributed by atoms with Crippen LogP contribution in [-0.2, 0) is 16.1 Å². The van der Waals surface area contributed by atoms with Gasteiger partial charge in [0.2, 0.25) is 11.8 Å². The predicted molar refractivity (Wildman–Crippen MR) is 116 cm³/mol. The van der Waals surface area contributed by atoms with Gasteiger partial charge in [-0.15, -0.1) is 0 Å². The molecule has 6 nitrogen and oxygen atoms in total. The molecule has 2 aliphatic heterocycles. The Morgan fingerprint density at radius 1 is 1.00 bits per heavy atom. The van der Waals surface area contributed by atoms with Crippen molar-refractivity contribution in [3.63, 3.8) is 0 Å². The van der Waals surface area contributed by atoms with Crippen molar-refractivity contribution >= 4 is 35.1 Å². The van der Waals surface area contributed by atoms with Crippen molar-refractivity contribution < 1.29 is 14.4 Å². The van der Waals surface area contributed by atoms with Gasteiger partial charge in [0, 0.05) is 18.7 Å². The van der Waals surface area contributed by atoms with Crippen LogP contribution in [0.25, 0.3) is 0 Å². The van der Waals surface area contributed by atoms with Crippen LogP contribution in [0.2, 0.25) is 0 Å². The molecule has 154 valence electrons. The smallest absolute Gasteiger partial charge is 0.255 e. The minimum absolute atomic E-state index is 0.141. The molecular weight excluding hydrogens is 398 g/mol. The highest BCUT2D eigenvalue weighted by Crippen LogP contribution is 2.41. The normalized spacial score (nSPS) is 21.1. The summed E-state index contributed by atoms with van der Waals surface area (Å²) in [7, 11) is 0. The van der Waals surface area contributed by atoms with E-state index < -0.39 is 17.9 Å². The number of hydrogen-bond donors (Lipinski definition) is 1. The number of amides is 3. The van der Waals surface area contributed by atoms with Crippen LogP contribution in [0.1, 0.15) is 47.3 Å². The van der Waals surface area contributed by atoms with Gasteiger partial charge in [-0.25, -0.2) is 0 Å². The summed E-state index contributed by atoms with van der Waals surface area (Å²) in [4.78, 5) is 42.7. The molecule has 2 atom stereocenters. The molecular formula is C23H23N3O3S. The van der Waals surface area contributed by atoms with Gasteiger partial charge < -0.3 is 10.2 Å². The molecule has 1 fully saturated rings. The molecule has 7 heteroatoms. The van der Waals surface area contributed by atoms with Crippen LogP contribution < -0.4 is 5.32 Å². The zero-order valence-electron chi connectivity index (χ0n) is 16.7. The number of fused-ring (bicyclic) bond motifs is 1. The third-order valence-corrected chi connectivity index (χ3v) is 5.97. The van der Waals surface area contributed by atoms with Gasteiger partial charge in [-0.1, -0.05) is 61.9 Å². The number of carbonyl (C=O) groups is 3. The van der Waals surface area contributed by atoms with Crippen molar-refractivity contribution in [3.8, 4) is 0 Å². The lowest BCUT2D eigenvalue weighted by molar-refractivity contribution is -0.144. The van der Waals surface area contributed by atoms with Crippen molar-refractivity contribution in [2.24, 2.45) is 5.92 Å². The predicted octanol–water partition coefficient (Wildman–Crippen LogP) is 3.04. The molecule has 0 spiro atoms. The van der Waals surface area contributed by atoms with Crippen LogP contribution in [0.5, 0.6) is 0 Å². The molecule has 2 heterocycles. The van der Waals surface area contributed by atoms with Crippen LogP contribution in [0.15, 0.2) is 54.6 Å². The van der Waals surface area contributed by atoms with Gasteiger partial charge in [-0.2, -0.15) is 0 Å². The third kappa shape index (κ3) is 3.50. The Bertz CT molecular complexity index is 1010. The van der Waals surface area contributed by atoms with E-state index in [1.54, 1.807) is 17.0 Å². The van der Waals surface area contributed by atoms with Crippen molar-refractivity contribution in [1.82, 2.24) is 15.1 Å². The summed E-state index contributed by atoms with van der Waals surface area (Å²) < 4.78 is 0. The molecule has 2 aromatic carbocycles. The van der Waals surface area contributed by atoms with Gasteiger partial charge in [0.1, 0.15) is 5.92 Å². The lowest BCUT2D eigenvalue weighted by atomic mass is 9.89.